The third kappa shape index (κ3) is 2.69. The van der Waals surface area contributed by atoms with Crippen LogP contribution in [0.3, 0.4) is 0 Å². The van der Waals surface area contributed by atoms with Gasteiger partial charge in [-0.25, -0.2) is 0 Å². The Labute approximate surface area is 114 Å². The maximum absolute atomic E-state index is 11.9. The van der Waals surface area contributed by atoms with Crippen LogP contribution in [0.5, 0.6) is 0 Å². The molecule has 108 valence electrons. The summed E-state index contributed by atoms with van der Waals surface area (Å²) in [6.45, 7) is 3.84. The lowest BCUT2D eigenvalue weighted by Gasteiger charge is -2.52. The summed E-state index contributed by atoms with van der Waals surface area (Å²) in [5.41, 5.74) is -0.392. The van der Waals surface area contributed by atoms with E-state index in [1.807, 2.05) is 0 Å². The van der Waals surface area contributed by atoms with Gasteiger partial charge in [-0.3, -0.25) is 8.98 Å². The number of carbonyl (C=O) groups is 1. The van der Waals surface area contributed by atoms with Gasteiger partial charge in [0.25, 0.3) is 10.1 Å². The van der Waals surface area contributed by atoms with E-state index in [-0.39, 0.29) is 23.9 Å². The van der Waals surface area contributed by atoms with Gasteiger partial charge >= 0.3 is 5.97 Å². The quantitative estimate of drug-likeness (QED) is 0.445. The standard InChI is InChI=1S/C13H20O5S/c1-4-13-6-5-9(7-10(13)12(14)17-2)11(8-13)18-19(3,15)16/h4,9-11H,1,5-8H2,2-3H3/t9-,10-,11+,13-/m0/s1. The van der Waals surface area contributed by atoms with Crippen molar-refractivity contribution in [1.29, 1.82) is 0 Å². The van der Waals surface area contributed by atoms with Crippen molar-refractivity contribution in [1.82, 2.24) is 0 Å². The predicted octanol–water partition coefficient (Wildman–Crippen LogP) is 1.50. The predicted molar refractivity (Wildman–Crippen MR) is 69.8 cm³/mol. The van der Waals surface area contributed by atoms with Crippen LogP contribution in [0.4, 0.5) is 0 Å². The summed E-state index contributed by atoms with van der Waals surface area (Å²) in [5, 5.41) is 0. The number of hydrogen-bond donors (Lipinski definition) is 0. The van der Waals surface area contributed by atoms with E-state index in [4.69, 9.17) is 8.92 Å². The molecule has 0 unspecified atom stereocenters. The number of methoxy groups -OCH3 is 1. The minimum atomic E-state index is -3.47. The van der Waals surface area contributed by atoms with Gasteiger partial charge < -0.3 is 4.74 Å². The van der Waals surface area contributed by atoms with E-state index in [2.05, 4.69) is 6.58 Å². The molecule has 0 radical (unpaired) electrons. The second-order valence-electron chi connectivity index (χ2n) is 5.59. The van der Waals surface area contributed by atoms with Crippen LogP contribution < -0.4 is 0 Å². The van der Waals surface area contributed by atoms with E-state index in [0.29, 0.717) is 12.8 Å². The van der Waals surface area contributed by atoms with Crippen molar-refractivity contribution in [2.24, 2.45) is 17.3 Å². The smallest absolute Gasteiger partial charge is 0.309 e. The highest BCUT2D eigenvalue weighted by molar-refractivity contribution is 7.86. The molecular weight excluding hydrogens is 268 g/mol. The molecule has 3 rings (SSSR count). The summed E-state index contributed by atoms with van der Waals surface area (Å²) >= 11 is 0. The lowest BCUT2D eigenvalue weighted by molar-refractivity contribution is -0.159. The highest BCUT2D eigenvalue weighted by Gasteiger charge is 2.54. The summed E-state index contributed by atoms with van der Waals surface area (Å²) in [6, 6.07) is 0. The summed E-state index contributed by atoms with van der Waals surface area (Å²) < 4.78 is 32.6. The van der Waals surface area contributed by atoms with Gasteiger partial charge in [0.2, 0.25) is 0 Å². The Hall–Kier alpha value is -0.880. The van der Waals surface area contributed by atoms with Crippen LogP contribution in [0, 0.1) is 17.3 Å². The third-order valence-corrected chi connectivity index (χ3v) is 5.11. The molecule has 19 heavy (non-hydrogen) atoms. The van der Waals surface area contributed by atoms with Gasteiger partial charge in [-0.1, -0.05) is 6.08 Å². The van der Waals surface area contributed by atoms with Crippen molar-refractivity contribution in [2.75, 3.05) is 13.4 Å². The molecule has 5 nitrogen and oxygen atoms in total. The fraction of sp³-hybridized carbons (Fsp3) is 0.769. The zero-order chi connectivity index (χ0) is 14.3. The van der Waals surface area contributed by atoms with Gasteiger partial charge in [0.05, 0.1) is 25.4 Å². The molecule has 0 amide bonds. The Morgan fingerprint density at radius 3 is 2.68 bits per heavy atom. The van der Waals surface area contributed by atoms with Crippen LogP contribution in [0.2, 0.25) is 0 Å². The highest BCUT2D eigenvalue weighted by Crippen LogP contribution is 2.55. The van der Waals surface area contributed by atoms with Crippen LogP contribution in [-0.4, -0.2) is 33.9 Å². The number of rotatable bonds is 4. The Bertz CT molecular complexity index is 483. The second kappa shape index (κ2) is 4.90. The van der Waals surface area contributed by atoms with Crippen molar-refractivity contribution < 1.29 is 22.1 Å². The number of allylic oxidation sites excluding steroid dienone is 1. The minimum absolute atomic E-state index is 0.0978. The molecule has 0 aromatic rings. The van der Waals surface area contributed by atoms with Gasteiger partial charge in [-0.15, -0.1) is 6.58 Å². The Balaban J connectivity index is 2.24. The van der Waals surface area contributed by atoms with Gasteiger partial charge in [-0.05, 0) is 31.6 Å². The molecule has 0 N–H and O–H groups in total. The Kier molecular flexibility index (Phi) is 3.75. The Morgan fingerprint density at radius 1 is 1.47 bits per heavy atom. The molecule has 4 atom stereocenters. The van der Waals surface area contributed by atoms with Gasteiger partial charge in [-0.2, -0.15) is 8.42 Å². The maximum Gasteiger partial charge on any atom is 0.309 e. The number of esters is 1. The minimum Gasteiger partial charge on any atom is -0.469 e. The summed E-state index contributed by atoms with van der Waals surface area (Å²) in [4.78, 5) is 11.9. The molecule has 0 aliphatic heterocycles. The lowest BCUT2D eigenvalue weighted by atomic mass is 9.54. The van der Waals surface area contributed by atoms with Crippen LogP contribution >= 0.6 is 0 Å². The third-order valence-electron chi connectivity index (χ3n) is 4.51. The first-order valence-electron chi connectivity index (χ1n) is 6.41. The van der Waals surface area contributed by atoms with Gasteiger partial charge in [0.15, 0.2) is 0 Å². The van der Waals surface area contributed by atoms with Gasteiger partial charge in [0, 0.05) is 5.41 Å². The maximum atomic E-state index is 11.9. The topological polar surface area (TPSA) is 69.7 Å². The van der Waals surface area contributed by atoms with E-state index in [1.165, 1.54) is 7.11 Å². The first kappa shape index (κ1) is 14.5. The van der Waals surface area contributed by atoms with Crippen molar-refractivity contribution in [2.45, 2.75) is 31.8 Å². The average Bonchev–Trinajstić information content (AvgIpc) is 2.36. The highest BCUT2D eigenvalue weighted by atomic mass is 32.2. The van der Waals surface area contributed by atoms with E-state index >= 15 is 0 Å². The molecule has 0 spiro atoms. The van der Waals surface area contributed by atoms with Gasteiger partial charge in [0.1, 0.15) is 0 Å². The monoisotopic (exact) mass is 288 g/mol. The van der Waals surface area contributed by atoms with Crippen molar-refractivity contribution in [3.8, 4) is 0 Å². The van der Waals surface area contributed by atoms with E-state index < -0.39 is 15.5 Å². The van der Waals surface area contributed by atoms with E-state index in [9.17, 15) is 13.2 Å². The zero-order valence-electron chi connectivity index (χ0n) is 11.3. The molecule has 3 saturated carbocycles. The Morgan fingerprint density at radius 2 is 2.16 bits per heavy atom. The molecule has 2 bridgehead atoms. The molecule has 0 aromatic heterocycles. The number of hydrogen-bond acceptors (Lipinski definition) is 5. The molecule has 0 aromatic carbocycles. The number of carbonyl (C=O) groups excluding carboxylic acids is 1. The van der Waals surface area contributed by atoms with Crippen molar-refractivity contribution in [3.05, 3.63) is 12.7 Å². The average molecular weight is 288 g/mol. The summed E-state index contributed by atoms with van der Waals surface area (Å²) in [6.07, 6.45) is 5.33. The normalized spacial score (nSPS) is 37.9. The van der Waals surface area contributed by atoms with E-state index in [1.54, 1.807) is 6.08 Å². The summed E-state index contributed by atoms with van der Waals surface area (Å²) in [7, 11) is -2.09. The number of fused-ring (bicyclic) bond motifs is 3. The fourth-order valence-corrected chi connectivity index (χ4v) is 4.22. The van der Waals surface area contributed by atoms with Crippen LogP contribution in [-0.2, 0) is 23.8 Å². The largest absolute Gasteiger partial charge is 0.469 e. The lowest BCUT2D eigenvalue weighted by Crippen LogP contribution is -2.52. The summed E-state index contributed by atoms with van der Waals surface area (Å²) in [5.74, 6) is -0.365. The first-order chi connectivity index (χ1) is 8.81. The van der Waals surface area contributed by atoms with Crippen LogP contribution in [0.25, 0.3) is 0 Å². The second-order valence-corrected chi connectivity index (χ2v) is 7.19. The number of ether oxygens (including phenoxy) is 1. The molecule has 3 aliphatic rings. The molecule has 6 heteroatoms. The molecule has 0 heterocycles. The van der Waals surface area contributed by atoms with Crippen LogP contribution in [0.1, 0.15) is 25.7 Å². The van der Waals surface area contributed by atoms with Crippen LogP contribution in [0.15, 0.2) is 12.7 Å². The molecular formula is C13H20O5S. The van der Waals surface area contributed by atoms with E-state index in [0.717, 1.165) is 19.1 Å². The SMILES string of the molecule is C=C[C@@]12CC[C@@H](C[C@H]1C(=O)OC)[C@H](OS(C)(=O)=O)C2. The fourth-order valence-electron chi connectivity index (χ4n) is 3.54. The molecule has 3 fully saturated rings. The molecule has 3 aliphatic carbocycles. The van der Waals surface area contributed by atoms with Crippen molar-refractivity contribution >= 4 is 16.1 Å². The zero-order valence-corrected chi connectivity index (χ0v) is 12.1. The first-order valence-corrected chi connectivity index (χ1v) is 8.22. The molecule has 0 saturated heterocycles. The van der Waals surface area contributed by atoms with Crippen molar-refractivity contribution in [3.63, 3.8) is 0 Å².